The van der Waals surface area contributed by atoms with Gasteiger partial charge in [0.1, 0.15) is 0 Å². The van der Waals surface area contributed by atoms with Crippen molar-refractivity contribution in [3.63, 3.8) is 0 Å². The van der Waals surface area contributed by atoms with Gasteiger partial charge in [-0.1, -0.05) is 12.1 Å². The molecule has 0 fully saturated rings. The molecule has 0 aliphatic carbocycles. The maximum atomic E-state index is 11.9. The van der Waals surface area contributed by atoms with E-state index >= 15 is 0 Å². The number of carbonyl (C=O) groups is 1. The molecule has 0 spiro atoms. The van der Waals surface area contributed by atoms with Crippen molar-refractivity contribution < 1.29 is 18.0 Å². The van der Waals surface area contributed by atoms with Gasteiger partial charge in [-0.25, -0.2) is 0 Å². The van der Waals surface area contributed by atoms with Crippen molar-refractivity contribution in [3.05, 3.63) is 24.3 Å². The Morgan fingerprint density at radius 3 is 2.20 bits per heavy atom. The van der Waals surface area contributed by atoms with E-state index < -0.39 is 12.1 Å². The molecule has 0 saturated carbocycles. The molecule has 1 aromatic carbocycles. The molecule has 0 heterocycles. The molecule has 0 aromatic heterocycles. The maximum absolute atomic E-state index is 11.9. The summed E-state index contributed by atoms with van der Waals surface area (Å²) in [4.78, 5) is 10.6. The van der Waals surface area contributed by atoms with Gasteiger partial charge in [-0.2, -0.15) is 13.2 Å². The van der Waals surface area contributed by atoms with Gasteiger partial charge in [0.05, 0.1) is 11.4 Å². The van der Waals surface area contributed by atoms with Gasteiger partial charge in [-0.15, -0.1) is 0 Å². The average molecular weight is 218 g/mol. The summed E-state index contributed by atoms with van der Waals surface area (Å²) < 4.78 is 35.8. The van der Waals surface area contributed by atoms with Crippen molar-refractivity contribution >= 4 is 17.3 Å². The first kappa shape index (κ1) is 11.4. The lowest BCUT2D eigenvalue weighted by Gasteiger charge is -2.11. The third-order valence-corrected chi connectivity index (χ3v) is 1.70. The summed E-state index contributed by atoms with van der Waals surface area (Å²) >= 11 is 0. The highest BCUT2D eigenvalue weighted by molar-refractivity contribution is 5.97. The molecule has 3 nitrogen and oxygen atoms in total. The number of benzene rings is 1. The Morgan fingerprint density at radius 2 is 1.73 bits per heavy atom. The minimum atomic E-state index is -4.87. The van der Waals surface area contributed by atoms with Crippen molar-refractivity contribution in [2.24, 2.45) is 0 Å². The standard InChI is InChI=1S/C9H9F3N2O/c1-13-6-4-2-3-5-7(6)14-8(15)9(10,11)12/h2-5,13H,1H3,(H,14,15). The van der Waals surface area contributed by atoms with Gasteiger partial charge in [0.25, 0.3) is 0 Å². The molecule has 1 aromatic rings. The minimum absolute atomic E-state index is 0.0994. The topological polar surface area (TPSA) is 41.1 Å². The van der Waals surface area contributed by atoms with Crippen molar-refractivity contribution in [3.8, 4) is 0 Å². The van der Waals surface area contributed by atoms with Crippen molar-refractivity contribution in [2.75, 3.05) is 17.7 Å². The third-order valence-electron chi connectivity index (χ3n) is 1.70. The first-order valence-electron chi connectivity index (χ1n) is 4.10. The van der Waals surface area contributed by atoms with Gasteiger partial charge in [0, 0.05) is 7.05 Å². The van der Waals surface area contributed by atoms with Crippen molar-refractivity contribution in [1.29, 1.82) is 0 Å². The first-order chi connectivity index (χ1) is 6.95. The Labute approximate surface area is 84.3 Å². The van der Waals surface area contributed by atoms with E-state index in [0.29, 0.717) is 5.69 Å². The summed E-state index contributed by atoms with van der Waals surface area (Å²) in [5.41, 5.74) is 0.525. The van der Waals surface area contributed by atoms with Crippen LogP contribution in [0.5, 0.6) is 0 Å². The Hall–Kier alpha value is -1.72. The normalized spacial score (nSPS) is 10.9. The largest absolute Gasteiger partial charge is 0.471 e. The van der Waals surface area contributed by atoms with Crippen molar-refractivity contribution in [1.82, 2.24) is 0 Å². The monoisotopic (exact) mass is 218 g/mol. The van der Waals surface area contributed by atoms with Gasteiger partial charge in [-0.05, 0) is 12.1 Å². The molecular weight excluding hydrogens is 209 g/mol. The molecule has 1 rings (SSSR count). The molecule has 0 bridgehead atoms. The lowest BCUT2D eigenvalue weighted by Crippen LogP contribution is -2.30. The van der Waals surface area contributed by atoms with Crippen LogP contribution in [0, 0.1) is 0 Å². The quantitative estimate of drug-likeness (QED) is 0.799. The van der Waals surface area contributed by atoms with E-state index in [2.05, 4.69) is 5.32 Å². The predicted molar refractivity (Wildman–Crippen MR) is 50.7 cm³/mol. The number of hydrogen-bond donors (Lipinski definition) is 2. The number of para-hydroxylation sites is 2. The summed E-state index contributed by atoms with van der Waals surface area (Å²) in [5.74, 6) is -1.98. The molecule has 0 unspecified atom stereocenters. The number of rotatable bonds is 2. The van der Waals surface area contributed by atoms with E-state index in [1.54, 1.807) is 24.5 Å². The predicted octanol–water partition coefficient (Wildman–Crippen LogP) is 2.23. The number of amides is 1. The fraction of sp³-hybridized carbons (Fsp3) is 0.222. The van der Waals surface area contributed by atoms with Crippen LogP contribution in [0.4, 0.5) is 24.5 Å². The zero-order valence-corrected chi connectivity index (χ0v) is 7.85. The Bertz CT molecular complexity index is 363. The van der Waals surface area contributed by atoms with Crippen molar-refractivity contribution in [2.45, 2.75) is 6.18 Å². The minimum Gasteiger partial charge on any atom is -0.386 e. The first-order valence-corrected chi connectivity index (χ1v) is 4.10. The van der Waals surface area contributed by atoms with E-state index in [0.717, 1.165) is 0 Å². The van der Waals surface area contributed by atoms with E-state index in [9.17, 15) is 18.0 Å². The fourth-order valence-corrected chi connectivity index (χ4v) is 1.00. The van der Waals surface area contributed by atoms with Crippen LogP contribution in [0.2, 0.25) is 0 Å². The highest BCUT2D eigenvalue weighted by atomic mass is 19.4. The van der Waals surface area contributed by atoms with Gasteiger partial charge in [0.15, 0.2) is 0 Å². The SMILES string of the molecule is CNc1ccccc1NC(=O)C(F)(F)F. The third kappa shape index (κ3) is 2.87. The number of carbonyl (C=O) groups excluding carboxylic acids is 1. The van der Waals surface area contributed by atoms with Crippen LogP contribution < -0.4 is 10.6 Å². The summed E-state index contributed by atoms with van der Waals surface area (Å²) in [6, 6.07) is 6.13. The summed E-state index contributed by atoms with van der Waals surface area (Å²) in [6.45, 7) is 0. The van der Waals surface area contributed by atoms with E-state index in [1.165, 1.54) is 12.1 Å². The summed E-state index contributed by atoms with van der Waals surface area (Å²) in [6.07, 6.45) is -4.87. The highest BCUT2D eigenvalue weighted by Crippen LogP contribution is 2.23. The lowest BCUT2D eigenvalue weighted by molar-refractivity contribution is -0.167. The van der Waals surface area contributed by atoms with Crippen LogP contribution in [0.1, 0.15) is 0 Å². The molecule has 0 aliphatic heterocycles. The maximum Gasteiger partial charge on any atom is 0.471 e. The molecular formula is C9H9F3N2O. The van der Waals surface area contributed by atoms with E-state index in [4.69, 9.17) is 0 Å². The van der Waals surface area contributed by atoms with Gasteiger partial charge >= 0.3 is 12.1 Å². The number of halogens is 3. The zero-order valence-electron chi connectivity index (χ0n) is 7.85. The smallest absolute Gasteiger partial charge is 0.386 e. The molecule has 15 heavy (non-hydrogen) atoms. The van der Waals surface area contributed by atoms with Crippen LogP contribution in [0.25, 0.3) is 0 Å². The Balaban J connectivity index is 2.85. The molecule has 0 saturated heterocycles. The summed E-state index contributed by atoms with van der Waals surface area (Å²) in [5, 5.41) is 4.45. The Kier molecular flexibility index (Phi) is 3.18. The molecule has 0 aliphatic rings. The molecule has 0 atom stereocenters. The molecule has 6 heteroatoms. The second-order valence-corrected chi connectivity index (χ2v) is 2.75. The Morgan fingerprint density at radius 1 is 1.20 bits per heavy atom. The van der Waals surface area contributed by atoms with Gasteiger partial charge in [-0.3, -0.25) is 4.79 Å². The second kappa shape index (κ2) is 4.20. The van der Waals surface area contributed by atoms with Crippen LogP contribution in [-0.2, 0) is 4.79 Å². The van der Waals surface area contributed by atoms with Gasteiger partial charge < -0.3 is 10.6 Å². The molecule has 82 valence electrons. The zero-order chi connectivity index (χ0) is 11.5. The number of hydrogen-bond acceptors (Lipinski definition) is 2. The van der Waals surface area contributed by atoms with Crippen LogP contribution in [0.15, 0.2) is 24.3 Å². The van der Waals surface area contributed by atoms with Crippen LogP contribution >= 0.6 is 0 Å². The average Bonchev–Trinajstić information content (AvgIpc) is 2.17. The van der Waals surface area contributed by atoms with E-state index in [1.807, 2.05) is 0 Å². The van der Waals surface area contributed by atoms with Crippen LogP contribution in [0.3, 0.4) is 0 Å². The number of nitrogens with one attached hydrogen (secondary N) is 2. The highest BCUT2D eigenvalue weighted by Gasteiger charge is 2.38. The molecule has 0 radical (unpaired) electrons. The molecule has 1 amide bonds. The number of anilines is 2. The van der Waals surface area contributed by atoms with E-state index in [-0.39, 0.29) is 5.69 Å². The summed E-state index contributed by atoms with van der Waals surface area (Å²) in [7, 11) is 1.55. The lowest BCUT2D eigenvalue weighted by atomic mass is 10.2. The van der Waals surface area contributed by atoms with Gasteiger partial charge in [0.2, 0.25) is 0 Å². The van der Waals surface area contributed by atoms with Crippen LogP contribution in [-0.4, -0.2) is 19.1 Å². The molecule has 2 N–H and O–H groups in total. The fourth-order valence-electron chi connectivity index (χ4n) is 1.00. The second-order valence-electron chi connectivity index (χ2n) is 2.75. The number of alkyl halides is 3.